The van der Waals surface area contributed by atoms with Gasteiger partial charge in [-0.25, -0.2) is 0 Å². The number of hydrogen-bond acceptors (Lipinski definition) is 3. The van der Waals surface area contributed by atoms with E-state index in [1.807, 2.05) is 73.7 Å². The Morgan fingerprint density at radius 3 is 2.52 bits per heavy atom. The van der Waals surface area contributed by atoms with Crippen molar-refractivity contribution in [3.8, 4) is 11.3 Å². The molecule has 4 nitrogen and oxygen atoms in total. The number of anilines is 1. The second-order valence-electron chi connectivity index (χ2n) is 6.47. The molecule has 4 aromatic rings. The molecule has 0 aliphatic heterocycles. The van der Waals surface area contributed by atoms with E-state index in [-0.39, 0.29) is 12.5 Å². The largest absolute Gasteiger partial charge is 0.459 e. The topological polar surface area (TPSA) is 62.5 Å². The van der Waals surface area contributed by atoms with E-state index in [1.54, 1.807) is 6.07 Å². The molecule has 3 aromatic carbocycles. The number of hydrogen-bond donors (Lipinski definition) is 2. The number of carbonyl (C=O) groups is 1. The molecule has 0 unspecified atom stereocenters. The Balaban J connectivity index is 1.56. The monoisotopic (exact) mass is 357 g/mol. The van der Waals surface area contributed by atoms with E-state index in [2.05, 4.69) is 5.32 Å². The Kier molecular flexibility index (Phi) is 4.48. The fourth-order valence-electron chi connectivity index (χ4n) is 3.16. The van der Waals surface area contributed by atoms with Crippen LogP contribution < -0.4 is 5.32 Å². The van der Waals surface area contributed by atoms with Gasteiger partial charge in [-0.05, 0) is 65.7 Å². The van der Waals surface area contributed by atoms with Crippen LogP contribution in [0.2, 0.25) is 0 Å². The summed E-state index contributed by atoms with van der Waals surface area (Å²) in [4.78, 5) is 12.6. The van der Waals surface area contributed by atoms with E-state index >= 15 is 0 Å². The van der Waals surface area contributed by atoms with E-state index in [4.69, 9.17) is 9.52 Å². The van der Waals surface area contributed by atoms with Crippen molar-refractivity contribution in [3.63, 3.8) is 0 Å². The zero-order valence-electron chi connectivity index (χ0n) is 14.9. The first kappa shape index (κ1) is 17.1. The molecule has 0 fully saturated rings. The van der Waals surface area contributed by atoms with Gasteiger partial charge in [0.25, 0.3) is 5.91 Å². The van der Waals surface area contributed by atoms with Gasteiger partial charge in [0.1, 0.15) is 18.1 Å². The van der Waals surface area contributed by atoms with Gasteiger partial charge in [-0.15, -0.1) is 0 Å². The Labute approximate surface area is 157 Å². The zero-order valence-corrected chi connectivity index (χ0v) is 14.9. The lowest BCUT2D eigenvalue weighted by molar-refractivity contribution is 0.102. The van der Waals surface area contributed by atoms with Crippen LogP contribution in [0.4, 0.5) is 5.69 Å². The second kappa shape index (κ2) is 7.09. The Bertz CT molecular complexity index is 1130. The number of nitrogens with one attached hydrogen (secondary N) is 1. The highest BCUT2D eigenvalue weighted by atomic mass is 16.4. The van der Waals surface area contributed by atoms with E-state index < -0.39 is 0 Å². The molecule has 0 aliphatic carbocycles. The minimum atomic E-state index is -0.145. The van der Waals surface area contributed by atoms with Gasteiger partial charge in [-0.1, -0.05) is 30.3 Å². The van der Waals surface area contributed by atoms with Crippen LogP contribution in [0.25, 0.3) is 22.1 Å². The minimum Gasteiger partial charge on any atom is -0.459 e. The van der Waals surface area contributed by atoms with Gasteiger partial charge in [0.05, 0.1) is 0 Å². The molecule has 0 saturated heterocycles. The third-order valence-electron chi connectivity index (χ3n) is 4.58. The van der Waals surface area contributed by atoms with Crippen LogP contribution >= 0.6 is 0 Å². The maximum atomic E-state index is 12.6. The SMILES string of the molecule is Cc1cc(NC(=O)c2ccc3ccccc3c2)ccc1-c1ccc(CO)o1. The van der Waals surface area contributed by atoms with Gasteiger partial charge >= 0.3 is 0 Å². The maximum Gasteiger partial charge on any atom is 0.255 e. The molecule has 27 heavy (non-hydrogen) atoms. The number of aliphatic hydroxyl groups is 1. The number of aliphatic hydroxyl groups excluding tert-OH is 1. The molecule has 0 atom stereocenters. The molecule has 1 amide bonds. The van der Waals surface area contributed by atoms with Gasteiger partial charge in [-0.2, -0.15) is 0 Å². The van der Waals surface area contributed by atoms with Crippen molar-refractivity contribution in [2.24, 2.45) is 0 Å². The number of fused-ring (bicyclic) bond motifs is 1. The molecule has 0 saturated carbocycles. The van der Waals surface area contributed by atoms with E-state index in [0.717, 1.165) is 27.6 Å². The molecule has 4 heteroatoms. The van der Waals surface area contributed by atoms with Crippen LogP contribution in [-0.2, 0) is 6.61 Å². The van der Waals surface area contributed by atoms with E-state index in [0.29, 0.717) is 17.1 Å². The number of aryl methyl sites for hydroxylation is 1. The smallest absolute Gasteiger partial charge is 0.255 e. The fraction of sp³-hybridized carbons (Fsp3) is 0.0870. The predicted octanol–water partition coefficient (Wildman–Crippen LogP) is 5.15. The lowest BCUT2D eigenvalue weighted by Crippen LogP contribution is -2.11. The summed E-state index contributed by atoms with van der Waals surface area (Å²) in [7, 11) is 0. The highest BCUT2D eigenvalue weighted by Gasteiger charge is 2.11. The van der Waals surface area contributed by atoms with Crippen molar-refractivity contribution in [1.29, 1.82) is 0 Å². The number of benzene rings is 3. The lowest BCUT2D eigenvalue weighted by atomic mass is 10.0. The van der Waals surface area contributed by atoms with Gasteiger partial charge in [0.15, 0.2) is 0 Å². The van der Waals surface area contributed by atoms with Crippen molar-refractivity contribution >= 4 is 22.4 Å². The van der Waals surface area contributed by atoms with E-state index in [9.17, 15) is 4.79 Å². The molecule has 0 radical (unpaired) electrons. The van der Waals surface area contributed by atoms with Crippen molar-refractivity contribution in [2.45, 2.75) is 13.5 Å². The standard InChI is InChI=1S/C23H19NO3/c1-15-12-19(8-10-21(15)22-11-9-20(14-25)27-22)24-23(26)18-7-6-16-4-2-3-5-17(16)13-18/h2-13,25H,14H2,1H3,(H,24,26). The summed E-state index contributed by atoms with van der Waals surface area (Å²) in [6.07, 6.45) is 0. The third-order valence-corrected chi connectivity index (χ3v) is 4.58. The predicted molar refractivity (Wildman–Crippen MR) is 107 cm³/mol. The van der Waals surface area contributed by atoms with Gasteiger partial charge < -0.3 is 14.8 Å². The fourth-order valence-corrected chi connectivity index (χ4v) is 3.16. The minimum absolute atomic E-state index is 0.126. The summed E-state index contributed by atoms with van der Waals surface area (Å²) >= 11 is 0. The van der Waals surface area contributed by atoms with Crippen molar-refractivity contribution in [2.75, 3.05) is 5.32 Å². The van der Waals surface area contributed by atoms with Crippen molar-refractivity contribution in [3.05, 3.63) is 89.7 Å². The van der Waals surface area contributed by atoms with Gasteiger partial charge in [0, 0.05) is 16.8 Å². The third kappa shape index (κ3) is 3.48. The Morgan fingerprint density at radius 1 is 0.963 bits per heavy atom. The normalized spacial score (nSPS) is 10.9. The molecule has 2 N–H and O–H groups in total. The average molecular weight is 357 g/mol. The molecule has 0 bridgehead atoms. The Hall–Kier alpha value is -3.37. The van der Waals surface area contributed by atoms with Crippen LogP contribution in [0.3, 0.4) is 0 Å². The lowest BCUT2D eigenvalue weighted by Gasteiger charge is -2.09. The van der Waals surface area contributed by atoms with Gasteiger partial charge in [0.2, 0.25) is 0 Å². The van der Waals surface area contributed by atoms with Crippen molar-refractivity contribution in [1.82, 2.24) is 0 Å². The number of amides is 1. The Morgan fingerprint density at radius 2 is 1.78 bits per heavy atom. The average Bonchev–Trinajstić information content (AvgIpc) is 3.16. The first-order chi connectivity index (χ1) is 13.1. The molecule has 1 heterocycles. The number of carbonyl (C=O) groups excluding carboxylic acids is 1. The quantitative estimate of drug-likeness (QED) is 0.531. The van der Waals surface area contributed by atoms with Crippen LogP contribution in [0.5, 0.6) is 0 Å². The number of furan rings is 1. The molecular formula is C23H19NO3. The maximum absolute atomic E-state index is 12.6. The molecule has 0 spiro atoms. The first-order valence-electron chi connectivity index (χ1n) is 8.75. The summed E-state index contributed by atoms with van der Waals surface area (Å²) in [6.45, 7) is 1.83. The van der Waals surface area contributed by atoms with Gasteiger partial charge in [-0.3, -0.25) is 4.79 Å². The molecule has 0 aliphatic rings. The number of rotatable bonds is 4. The molecular weight excluding hydrogens is 338 g/mol. The molecule has 4 rings (SSSR count). The summed E-state index contributed by atoms with van der Waals surface area (Å²) < 4.78 is 5.59. The summed E-state index contributed by atoms with van der Waals surface area (Å²) in [6, 6.07) is 22.9. The highest BCUT2D eigenvalue weighted by molar-refractivity contribution is 6.06. The van der Waals surface area contributed by atoms with Crippen LogP contribution in [0, 0.1) is 6.92 Å². The molecule has 1 aromatic heterocycles. The van der Waals surface area contributed by atoms with Crippen LogP contribution in [0.1, 0.15) is 21.7 Å². The van der Waals surface area contributed by atoms with E-state index in [1.165, 1.54) is 0 Å². The van der Waals surface area contributed by atoms with Crippen LogP contribution in [0.15, 0.2) is 77.2 Å². The summed E-state index contributed by atoms with van der Waals surface area (Å²) in [5.41, 5.74) is 3.25. The second-order valence-corrected chi connectivity index (χ2v) is 6.47. The zero-order chi connectivity index (χ0) is 18.8. The first-order valence-corrected chi connectivity index (χ1v) is 8.75. The van der Waals surface area contributed by atoms with Crippen LogP contribution in [-0.4, -0.2) is 11.0 Å². The molecule has 134 valence electrons. The van der Waals surface area contributed by atoms with Crippen molar-refractivity contribution < 1.29 is 14.3 Å². The summed E-state index contributed by atoms with van der Waals surface area (Å²) in [5.74, 6) is 1.08. The highest BCUT2D eigenvalue weighted by Crippen LogP contribution is 2.28. The summed E-state index contributed by atoms with van der Waals surface area (Å²) in [5, 5.41) is 14.2.